The Bertz CT molecular complexity index is 895. The van der Waals surface area contributed by atoms with E-state index in [9.17, 15) is 9.59 Å². The molecule has 0 aliphatic rings. The van der Waals surface area contributed by atoms with Crippen LogP contribution in [-0.2, 0) is 4.74 Å². The molecule has 0 aliphatic heterocycles. The first kappa shape index (κ1) is 13.5. The van der Waals surface area contributed by atoms with E-state index in [4.69, 9.17) is 16.3 Å². The minimum absolute atomic E-state index is 0.267. The van der Waals surface area contributed by atoms with Crippen LogP contribution in [0.2, 0.25) is 5.02 Å². The number of carbonyl (C=O) groups excluding carboxylic acids is 1. The van der Waals surface area contributed by atoms with Crippen LogP contribution in [0.15, 0.2) is 41.2 Å². The van der Waals surface area contributed by atoms with Gasteiger partial charge in [-0.15, -0.1) is 0 Å². The van der Waals surface area contributed by atoms with Crippen LogP contribution in [0.3, 0.4) is 0 Å². The molecule has 6 heteroatoms. The lowest BCUT2D eigenvalue weighted by atomic mass is 10.0. The smallest absolute Gasteiger partial charge is 0.337 e. The Morgan fingerprint density at radius 3 is 2.62 bits per heavy atom. The molecule has 0 bridgehead atoms. The largest absolute Gasteiger partial charge is 0.465 e. The van der Waals surface area contributed by atoms with Crippen molar-refractivity contribution in [1.82, 2.24) is 9.97 Å². The molecule has 2 aromatic carbocycles. The van der Waals surface area contributed by atoms with Gasteiger partial charge < -0.3 is 14.7 Å². The summed E-state index contributed by atoms with van der Waals surface area (Å²) in [6.45, 7) is 0. The van der Waals surface area contributed by atoms with Crippen LogP contribution in [0.4, 0.5) is 0 Å². The molecule has 0 fully saturated rings. The summed E-state index contributed by atoms with van der Waals surface area (Å²) in [4.78, 5) is 28.3. The molecule has 0 unspecified atom stereocenters. The first-order valence-corrected chi connectivity index (χ1v) is 6.56. The zero-order chi connectivity index (χ0) is 15.0. The van der Waals surface area contributed by atoms with Gasteiger partial charge in [0.15, 0.2) is 0 Å². The Labute approximate surface area is 124 Å². The van der Waals surface area contributed by atoms with E-state index < -0.39 is 5.97 Å². The molecule has 3 aromatic rings. The Morgan fingerprint density at radius 1 is 1.10 bits per heavy atom. The van der Waals surface area contributed by atoms with Gasteiger partial charge in [0.2, 0.25) is 0 Å². The summed E-state index contributed by atoms with van der Waals surface area (Å²) in [6.07, 6.45) is 0. The van der Waals surface area contributed by atoms with Crippen LogP contribution in [-0.4, -0.2) is 23.0 Å². The normalized spacial score (nSPS) is 10.8. The van der Waals surface area contributed by atoms with Gasteiger partial charge in [-0.05, 0) is 35.9 Å². The topological polar surface area (TPSA) is 75.0 Å². The van der Waals surface area contributed by atoms with Gasteiger partial charge in [0, 0.05) is 10.6 Å². The van der Waals surface area contributed by atoms with Gasteiger partial charge in [-0.25, -0.2) is 9.59 Å². The van der Waals surface area contributed by atoms with Crippen LogP contribution >= 0.6 is 11.6 Å². The van der Waals surface area contributed by atoms with Gasteiger partial charge in [-0.3, -0.25) is 0 Å². The zero-order valence-electron chi connectivity index (χ0n) is 11.1. The summed E-state index contributed by atoms with van der Waals surface area (Å²) in [6, 6.07) is 10.3. The minimum atomic E-state index is -0.427. The molecular formula is C15H11ClN2O3. The van der Waals surface area contributed by atoms with Crippen molar-refractivity contribution in [1.29, 1.82) is 0 Å². The second-order valence-corrected chi connectivity index (χ2v) is 4.93. The minimum Gasteiger partial charge on any atom is -0.465 e. The number of esters is 1. The maximum absolute atomic E-state index is 11.6. The fourth-order valence-electron chi connectivity index (χ4n) is 2.19. The first-order chi connectivity index (χ1) is 10.1. The lowest BCUT2D eigenvalue weighted by Crippen LogP contribution is -2.01. The lowest BCUT2D eigenvalue weighted by Gasteiger charge is -2.07. The first-order valence-electron chi connectivity index (χ1n) is 6.19. The number of methoxy groups -OCH3 is 1. The van der Waals surface area contributed by atoms with Crippen molar-refractivity contribution in [3.63, 3.8) is 0 Å². The Kier molecular flexibility index (Phi) is 3.27. The van der Waals surface area contributed by atoms with E-state index in [2.05, 4.69) is 9.97 Å². The molecular weight excluding hydrogens is 292 g/mol. The number of rotatable bonds is 2. The third-order valence-corrected chi connectivity index (χ3v) is 3.54. The van der Waals surface area contributed by atoms with Crippen molar-refractivity contribution in [3.05, 3.63) is 57.5 Å². The van der Waals surface area contributed by atoms with E-state index in [1.165, 1.54) is 7.11 Å². The second kappa shape index (κ2) is 5.10. The number of carbonyl (C=O) groups is 1. The number of hydrogen-bond acceptors (Lipinski definition) is 3. The van der Waals surface area contributed by atoms with Gasteiger partial charge in [-0.2, -0.15) is 0 Å². The highest BCUT2D eigenvalue weighted by molar-refractivity contribution is 6.33. The number of halogens is 1. The molecule has 5 nitrogen and oxygen atoms in total. The monoisotopic (exact) mass is 302 g/mol. The average Bonchev–Trinajstić information content (AvgIpc) is 2.86. The number of hydrogen-bond donors (Lipinski definition) is 2. The van der Waals surface area contributed by atoms with E-state index in [0.717, 1.165) is 5.56 Å². The van der Waals surface area contributed by atoms with Gasteiger partial charge in [0.05, 0.1) is 23.7 Å². The van der Waals surface area contributed by atoms with E-state index in [1.54, 1.807) is 30.3 Å². The third kappa shape index (κ3) is 2.43. The molecule has 2 N–H and O–H groups in total. The molecule has 0 aliphatic carbocycles. The summed E-state index contributed by atoms with van der Waals surface area (Å²) in [7, 11) is 1.33. The van der Waals surface area contributed by atoms with Gasteiger partial charge >= 0.3 is 11.7 Å². The highest BCUT2D eigenvalue weighted by Gasteiger charge is 2.11. The van der Waals surface area contributed by atoms with Gasteiger partial charge in [0.25, 0.3) is 0 Å². The van der Waals surface area contributed by atoms with Gasteiger partial charge in [-0.1, -0.05) is 17.7 Å². The number of fused-ring (bicyclic) bond motifs is 1. The van der Waals surface area contributed by atoms with Crippen LogP contribution in [0.1, 0.15) is 10.4 Å². The highest BCUT2D eigenvalue weighted by atomic mass is 35.5. The van der Waals surface area contributed by atoms with Crippen molar-refractivity contribution < 1.29 is 9.53 Å². The summed E-state index contributed by atoms with van der Waals surface area (Å²) in [5.41, 5.74) is 3.04. The summed E-state index contributed by atoms with van der Waals surface area (Å²) < 4.78 is 4.71. The average molecular weight is 303 g/mol. The quantitative estimate of drug-likeness (QED) is 0.715. The summed E-state index contributed by atoms with van der Waals surface area (Å²) >= 11 is 6.20. The standard InChI is InChI=1S/C15H11ClN2O3/c1-21-14(19)9-2-4-11(16)10(6-9)8-3-5-12-13(7-8)18-15(20)17-12/h2-7H,1H3,(H2,17,18,20). The van der Waals surface area contributed by atoms with E-state index in [1.807, 2.05) is 6.07 Å². The van der Waals surface area contributed by atoms with Crippen LogP contribution < -0.4 is 5.69 Å². The number of aromatic nitrogens is 2. The molecule has 0 radical (unpaired) electrons. The molecule has 1 aromatic heterocycles. The molecule has 0 spiro atoms. The van der Waals surface area contributed by atoms with E-state index >= 15 is 0 Å². The summed E-state index contributed by atoms with van der Waals surface area (Å²) in [5.74, 6) is -0.427. The third-order valence-electron chi connectivity index (χ3n) is 3.21. The summed E-state index contributed by atoms with van der Waals surface area (Å²) in [5, 5.41) is 0.514. The van der Waals surface area contributed by atoms with Crippen LogP contribution in [0, 0.1) is 0 Å². The Morgan fingerprint density at radius 2 is 1.86 bits per heavy atom. The van der Waals surface area contributed by atoms with Crippen LogP contribution in [0.25, 0.3) is 22.2 Å². The molecule has 0 saturated carbocycles. The predicted octanol–water partition coefficient (Wildman–Crippen LogP) is 2.96. The fraction of sp³-hybridized carbons (Fsp3) is 0.0667. The molecule has 0 saturated heterocycles. The molecule has 0 atom stereocenters. The number of benzene rings is 2. The number of H-pyrrole nitrogens is 2. The van der Waals surface area contributed by atoms with Crippen molar-refractivity contribution in [2.75, 3.05) is 7.11 Å². The molecule has 1 heterocycles. The Balaban J connectivity index is 2.16. The number of nitrogens with one attached hydrogen (secondary N) is 2. The van der Waals surface area contributed by atoms with Crippen molar-refractivity contribution in [2.24, 2.45) is 0 Å². The predicted molar refractivity (Wildman–Crippen MR) is 80.7 cm³/mol. The number of aromatic amines is 2. The van der Waals surface area contributed by atoms with Crippen molar-refractivity contribution >= 4 is 28.6 Å². The van der Waals surface area contributed by atoms with E-state index in [-0.39, 0.29) is 5.69 Å². The Hall–Kier alpha value is -2.53. The van der Waals surface area contributed by atoms with Crippen LogP contribution in [0.5, 0.6) is 0 Å². The SMILES string of the molecule is COC(=O)c1ccc(Cl)c(-c2ccc3[nH]c(=O)[nH]c3c2)c1. The van der Waals surface area contributed by atoms with Crippen molar-refractivity contribution in [3.8, 4) is 11.1 Å². The molecule has 106 valence electrons. The zero-order valence-corrected chi connectivity index (χ0v) is 11.8. The lowest BCUT2D eigenvalue weighted by molar-refractivity contribution is 0.0601. The maximum atomic E-state index is 11.6. The molecule has 0 amide bonds. The highest BCUT2D eigenvalue weighted by Crippen LogP contribution is 2.30. The molecule has 3 rings (SSSR count). The fourth-order valence-corrected chi connectivity index (χ4v) is 2.42. The maximum Gasteiger partial charge on any atom is 0.337 e. The second-order valence-electron chi connectivity index (χ2n) is 4.53. The molecule has 21 heavy (non-hydrogen) atoms. The van der Waals surface area contributed by atoms with Crippen molar-refractivity contribution in [2.45, 2.75) is 0 Å². The number of imidazole rings is 1. The van der Waals surface area contributed by atoms with Gasteiger partial charge in [0.1, 0.15) is 0 Å². The number of ether oxygens (including phenoxy) is 1. The van der Waals surface area contributed by atoms with E-state index in [0.29, 0.717) is 27.2 Å².